The normalized spacial score (nSPS) is 10.2. The Morgan fingerprint density at radius 1 is 1.08 bits per heavy atom. The molecule has 0 aliphatic carbocycles. The predicted molar refractivity (Wildman–Crippen MR) is 102 cm³/mol. The molecule has 2 aromatic carbocycles. The first kappa shape index (κ1) is 17.9. The quantitative estimate of drug-likeness (QED) is 0.683. The first-order valence-corrected chi connectivity index (χ1v) is 8.79. The standard InChI is InChI=1S/C18H14ClN3O3S/c1-25-14-4-2-3-13(9-14)20-17(24)15-10-26-18(21-15)22-16(23)11-5-7-12(19)8-6-11/h2-10H,1H3,(H,20,24)(H,21,22,23). The highest BCUT2D eigenvalue weighted by Gasteiger charge is 2.14. The molecule has 6 nitrogen and oxygen atoms in total. The molecule has 0 aliphatic rings. The molecule has 3 rings (SSSR count). The monoisotopic (exact) mass is 387 g/mol. The number of ether oxygens (including phenoxy) is 1. The van der Waals surface area contributed by atoms with Crippen LogP contribution in [0.2, 0.25) is 5.02 Å². The molecule has 0 bridgehead atoms. The third-order valence-electron chi connectivity index (χ3n) is 3.39. The van der Waals surface area contributed by atoms with Crippen LogP contribution < -0.4 is 15.4 Å². The van der Waals surface area contributed by atoms with Gasteiger partial charge in [-0.1, -0.05) is 17.7 Å². The van der Waals surface area contributed by atoms with Crippen LogP contribution in [0.1, 0.15) is 20.8 Å². The van der Waals surface area contributed by atoms with Gasteiger partial charge in [0.1, 0.15) is 11.4 Å². The van der Waals surface area contributed by atoms with Gasteiger partial charge < -0.3 is 10.1 Å². The van der Waals surface area contributed by atoms with Crippen LogP contribution in [0.5, 0.6) is 5.75 Å². The molecule has 2 amide bonds. The van der Waals surface area contributed by atoms with E-state index in [4.69, 9.17) is 16.3 Å². The van der Waals surface area contributed by atoms with E-state index >= 15 is 0 Å². The molecule has 132 valence electrons. The van der Waals surface area contributed by atoms with E-state index in [1.807, 2.05) is 0 Å². The number of nitrogens with one attached hydrogen (secondary N) is 2. The molecule has 2 N–H and O–H groups in total. The average molecular weight is 388 g/mol. The molecular weight excluding hydrogens is 374 g/mol. The van der Waals surface area contributed by atoms with Gasteiger partial charge in [0, 0.05) is 27.7 Å². The molecule has 0 radical (unpaired) electrons. The Morgan fingerprint density at radius 3 is 2.58 bits per heavy atom. The maximum absolute atomic E-state index is 12.3. The number of amides is 2. The Bertz CT molecular complexity index is 941. The van der Waals surface area contributed by atoms with Gasteiger partial charge in [0.2, 0.25) is 0 Å². The molecule has 3 aromatic rings. The van der Waals surface area contributed by atoms with Gasteiger partial charge in [-0.2, -0.15) is 0 Å². The molecule has 0 unspecified atom stereocenters. The molecule has 26 heavy (non-hydrogen) atoms. The fourth-order valence-electron chi connectivity index (χ4n) is 2.10. The van der Waals surface area contributed by atoms with E-state index in [0.717, 1.165) is 0 Å². The molecule has 8 heteroatoms. The lowest BCUT2D eigenvalue weighted by molar-refractivity contribution is 0.101. The summed E-state index contributed by atoms with van der Waals surface area (Å²) in [6.07, 6.45) is 0. The van der Waals surface area contributed by atoms with Crippen LogP contribution in [0.15, 0.2) is 53.9 Å². The minimum absolute atomic E-state index is 0.212. The fraction of sp³-hybridized carbons (Fsp3) is 0.0556. The second-order valence-corrected chi connectivity index (χ2v) is 6.48. The minimum atomic E-state index is -0.374. The maximum Gasteiger partial charge on any atom is 0.275 e. The summed E-state index contributed by atoms with van der Waals surface area (Å²) < 4.78 is 5.12. The number of hydrogen-bond donors (Lipinski definition) is 2. The number of carbonyl (C=O) groups is 2. The zero-order valence-electron chi connectivity index (χ0n) is 13.7. The zero-order chi connectivity index (χ0) is 18.5. The fourth-order valence-corrected chi connectivity index (χ4v) is 2.91. The van der Waals surface area contributed by atoms with Crippen molar-refractivity contribution in [3.63, 3.8) is 0 Å². The average Bonchev–Trinajstić information content (AvgIpc) is 3.11. The number of carbonyl (C=O) groups excluding carboxylic acids is 2. The van der Waals surface area contributed by atoms with Gasteiger partial charge in [-0.15, -0.1) is 11.3 Å². The number of halogens is 1. The van der Waals surface area contributed by atoms with Crippen LogP contribution in [-0.4, -0.2) is 23.9 Å². The van der Waals surface area contributed by atoms with E-state index in [0.29, 0.717) is 27.2 Å². The summed E-state index contributed by atoms with van der Waals surface area (Å²) in [4.78, 5) is 28.6. The van der Waals surface area contributed by atoms with Gasteiger partial charge in [0.05, 0.1) is 7.11 Å². The van der Waals surface area contributed by atoms with Gasteiger partial charge in [-0.25, -0.2) is 4.98 Å². The third kappa shape index (κ3) is 4.38. The highest BCUT2D eigenvalue weighted by atomic mass is 35.5. The van der Waals surface area contributed by atoms with Crippen molar-refractivity contribution < 1.29 is 14.3 Å². The number of hydrogen-bond acceptors (Lipinski definition) is 5. The lowest BCUT2D eigenvalue weighted by atomic mass is 10.2. The predicted octanol–water partition coefficient (Wildman–Crippen LogP) is 4.31. The van der Waals surface area contributed by atoms with E-state index in [1.54, 1.807) is 61.0 Å². The Hall–Kier alpha value is -2.90. The van der Waals surface area contributed by atoms with Crippen molar-refractivity contribution in [1.29, 1.82) is 0 Å². The van der Waals surface area contributed by atoms with Gasteiger partial charge in [0.25, 0.3) is 11.8 Å². The van der Waals surface area contributed by atoms with Crippen molar-refractivity contribution in [2.45, 2.75) is 0 Å². The summed E-state index contributed by atoms with van der Waals surface area (Å²) in [5.74, 6) is -0.0609. The van der Waals surface area contributed by atoms with Crippen molar-refractivity contribution in [2.75, 3.05) is 17.7 Å². The second-order valence-electron chi connectivity index (χ2n) is 5.18. The summed E-state index contributed by atoms with van der Waals surface area (Å²) >= 11 is 6.97. The smallest absolute Gasteiger partial charge is 0.275 e. The molecule has 1 aromatic heterocycles. The molecule has 0 aliphatic heterocycles. The van der Waals surface area contributed by atoms with Crippen molar-refractivity contribution in [3.05, 3.63) is 70.2 Å². The zero-order valence-corrected chi connectivity index (χ0v) is 15.2. The van der Waals surface area contributed by atoms with E-state index < -0.39 is 0 Å². The molecule has 1 heterocycles. The van der Waals surface area contributed by atoms with E-state index in [9.17, 15) is 9.59 Å². The van der Waals surface area contributed by atoms with Crippen molar-refractivity contribution >= 4 is 45.6 Å². The number of aromatic nitrogens is 1. The van der Waals surface area contributed by atoms with E-state index in [1.165, 1.54) is 11.3 Å². The van der Waals surface area contributed by atoms with Crippen LogP contribution in [-0.2, 0) is 0 Å². The Kier molecular flexibility index (Phi) is 5.50. The molecule has 0 fully saturated rings. The Balaban J connectivity index is 1.65. The molecule has 0 atom stereocenters. The third-order valence-corrected chi connectivity index (χ3v) is 4.40. The summed E-state index contributed by atoms with van der Waals surface area (Å²) in [5, 5.41) is 7.85. The van der Waals surface area contributed by atoms with Gasteiger partial charge >= 0.3 is 0 Å². The highest BCUT2D eigenvalue weighted by molar-refractivity contribution is 7.14. The number of thiazole rings is 1. The van der Waals surface area contributed by atoms with Crippen LogP contribution in [0.4, 0.5) is 10.8 Å². The largest absolute Gasteiger partial charge is 0.497 e. The van der Waals surface area contributed by atoms with Crippen LogP contribution in [0, 0.1) is 0 Å². The second kappa shape index (κ2) is 7.99. The van der Waals surface area contributed by atoms with Gasteiger partial charge in [-0.3, -0.25) is 14.9 Å². The topological polar surface area (TPSA) is 80.3 Å². The van der Waals surface area contributed by atoms with Gasteiger partial charge in [-0.05, 0) is 36.4 Å². The van der Waals surface area contributed by atoms with Crippen LogP contribution in [0.3, 0.4) is 0 Å². The highest BCUT2D eigenvalue weighted by Crippen LogP contribution is 2.20. The number of rotatable bonds is 5. The molecule has 0 saturated heterocycles. The molecule has 0 saturated carbocycles. The summed E-state index contributed by atoms with van der Waals surface area (Å²) in [6, 6.07) is 13.5. The number of benzene rings is 2. The van der Waals surface area contributed by atoms with Crippen LogP contribution >= 0.6 is 22.9 Å². The lowest BCUT2D eigenvalue weighted by Crippen LogP contribution is -2.14. The first-order valence-electron chi connectivity index (χ1n) is 7.53. The maximum atomic E-state index is 12.3. The lowest BCUT2D eigenvalue weighted by Gasteiger charge is -2.05. The SMILES string of the molecule is COc1cccc(NC(=O)c2csc(NC(=O)c3ccc(Cl)cc3)n2)c1. The molecular formula is C18H14ClN3O3S. The van der Waals surface area contributed by atoms with E-state index in [-0.39, 0.29) is 17.5 Å². The number of methoxy groups -OCH3 is 1. The van der Waals surface area contributed by atoms with E-state index in [2.05, 4.69) is 15.6 Å². The Morgan fingerprint density at radius 2 is 1.85 bits per heavy atom. The van der Waals surface area contributed by atoms with Crippen molar-refractivity contribution in [1.82, 2.24) is 4.98 Å². The Labute approximate surface area is 158 Å². The summed E-state index contributed by atoms with van der Waals surface area (Å²) in [5.41, 5.74) is 1.25. The van der Waals surface area contributed by atoms with Crippen molar-refractivity contribution in [3.8, 4) is 5.75 Å². The van der Waals surface area contributed by atoms with Gasteiger partial charge in [0.15, 0.2) is 5.13 Å². The minimum Gasteiger partial charge on any atom is -0.497 e. The van der Waals surface area contributed by atoms with Crippen LogP contribution in [0.25, 0.3) is 0 Å². The van der Waals surface area contributed by atoms with Crippen molar-refractivity contribution in [2.24, 2.45) is 0 Å². The number of nitrogens with zero attached hydrogens (tertiary/aromatic N) is 1. The number of anilines is 2. The first-order chi connectivity index (χ1) is 12.5. The molecule has 0 spiro atoms. The summed E-state index contributed by atoms with van der Waals surface area (Å²) in [6.45, 7) is 0. The summed E-state index contributed by atoms with van der Waals surface area (Å²) in [7, 11) is 1.55.